The Balaban J connectivity index is 1.64. The fraction of sp³-hybridized carbons (Fsp3) is 0.160. The van der Waals surface area contributed by atoms with Crippen molar-refractivity contribution in [1.29, 1.82) is 0 Å². The van der Waals surface area contributed by atoms with Crippen LogP contribution in [0.15, 0.2) is 55.1 Å². The second-order valence-electron chi connectivity index (χ2n) is 8.42. The number of amides is 2. The molecular weight excluding hydrogens is 501 g/mol. The molecule has 2 amide bonds. The maximum atomic E-state index is 13.1. The minimum absolute atomic E-state index is 0.180. The van der Waals surface area contributed by atoms with E-state index in [0.29, 0.717) is 39.2 Å². The first kappa shape index (κ1) is 24.2. The molecule has 0 bridgehead atoms. The molecule has 0 aliphatic heterocycles. The minimum atomic E-state index is -1.12. The predicted octanol–water partition coefficient (Wildman–Crippen LogP) is 4.02. The van der Waals surface area contributed by atoms with Gasteiger partial charge in [-0.2, -0.15) is 0 Å². The Hall–Kier alpha value is -4.51. The van der Waals surface area contributed by atoms with Crippen LogP contribution in [0, 0.1) is 0 Å². The van der Waals surface area contributed by atoms with Gasteiger partial charge in [-0.05, 0) is 48.7 Å². The average molecular weight is 522 g/mol. The number of nitrogens with one attached hydrogen (secondary N) is 2. The van der Waals surface area contributed by atoms with Gasteiger partial charge < -0.3 is 21.1 Å². The lowest BCUT2D eigenvalue weighted by atomic mass is 9.97. The number of nitrogens with two attached hydrogens (primary N) is 1. The Bertz CT molecular complexity index is 1580. The molecule has 1 aliphatic rings. The summed E-state index contributed by atoms with van der Waals surface area (Å²) in [4.78, 5) is 28.5. The van der Waals surface area contributed by atoms with Crippen LogP contribution in [0.4, 0.5) is 15.9 Å². The number of aromatic nitrogens is 4. The Labute approximate surface area is 215 Å². The summed E-state index contributed by atoms with van der Waals surface area (Å²) in [6.07, 6.45) is 3.20. The van der Waals surface area contributed by atoms with E-state index < -0.39 is 11.7 Å². The Morgan fingerprint density at radius 2 is 2.03 bits per heavy atom. The van der Waals surface area contributed by atoms with Crippen molar-refractivity contribution in [2.24, 2.45) is 0 Å². The lowest BCUT2D eigenvalue weighted by Gasteiger charge is -2.12. The summed E-state index contributed by atoms with van der Waals surface area (Å²) in [5, 5.41) is 14.3. The molecule has 2 aromatic carbocycles. The number of hydrogen-bond acceptors (Lipinski definition) is 7. The summed E-state index contributed by atoms with van der Waals surface area (Å²) in [5.74, 6) is -1.77. The van der Waals surface area contributed by atoms with Crippen molar-refractivity contribution >= 4 is 40.4 Å². The highest BCUT2D eigenvalue weighted by Gasteiger charge is 2.27. The molecule has 0 saturated heterocycles. The van der Waals surface area contributed by atoms with Gasteiger partial charge in [-0.15, -0.1) is 14.8 Å². The number of ether oxygens (including phenoxy) is 1. The molecular formula is C25H21ClFN7O3. The fourth-order valence-corrected chi connectivity index (χ4v) is 4.16. The van der Waals surface area contributed by atoms with Gasteiger partial charge in [-0.3, -0.25) is 9.59 Å². The number of nitrogen functional groups attached to an aromatic ring is 1. The molecule has 0 spiro atoms. The summed E-state index contributed by atoms with van der Waals surface area (Å²) in [6, 6.07) is 9.98. The van der Waals surface area contributed by atoms with Crippen molar-refractivity contribution in [2.45, 2.75) is 18.9 Å². The normalized spacial score (nSPS) is 12.8. The first-order valence-corrected chi connectivity index (χ1v) is 11.6. The SMILES string of the molecule is C=C(F)C(=O)Nc1ccc(-c2nn3ncnc(N)c3c2-c2ccc(C(=O)NC3CC3)c(OC)c2)c(Cl)c1. The van der Waals surface area contributed by atoms with Crippen LogP contribution < -0.4 is 21.1 Å². The van der Waals surface area contributed by atoms with Crippen LogP contribution >= 0.6 is 11.6 Å². The molecule has 0 unspecified atom stereocenters. The standard InChI is InChI=1S/C25H21ClFN7O3/c1-12(27)24(35)32-15-6-8-16(18(26)10-15)21-20(22-23(28)29-11-30-34(22)33-21)13-3-7-17(19(9-13)37-2)25(36)31-14-4-5-14/h3,6-11,14H,1,4-5H2,2H3,(H,31,36)(H,32,35)(H2,28,29,30). The first-order chi connectivity index (χ1) is 17.8. The Morgan fingerprint density at radius 3 is 2.70 bits per heavy atom. The van der Waals surface area contributed by atoms with Crippen molar-refractivity contribution in [1.82, 2.24) is 25.1 Å². The number of carbonyl (C=O) groups excluding carboxylic acids is 2. The number of benzene rings is 2. The van der Waals surface area contributed by atoms with Gasteiger partial charge in [-0.25, -0.2) is 9.37 Å². The van der Waals surface area contributed by atoms with E-state index in [9.17, 15) is 14.0 Å². The van der Waals surface area contributed by atoms with Gasteiger partial charge in [0.2, 0.25) is 0 Å². The third-order valence-corrected chi connectivity index (χ3v) is 6.16. The van der Waals surface area contributed by atoms with Gasteiger partial charge >= 0.3 is 0 Å². The molecule has 1 fully saturated rings. The zero-order valence-electron chi connectivity index (χ0n) is 19.6. The van der Waals surface area contributed by atoms with E-state index in [1.165, 1.54) is 24.1 Å². The molecule has 2 aromatic heterocycles. The molecule has 0 atom stereocenters. The van der Waals surface area contributed by atoms with Gasteiger partial charge in [0.1, 0.15) is 23.3 Å². The molecule has 4 N–H and O–H groups in total. The van der Waals surface area contributed by atoms with Crippen LogP contribution in [0.2, 0.25) is 5.02 Å². The van der Waals surface area contributed by atoms with Crippen LogP contribution in [0.5, 0.6) is 5.75 Å². The summed E-state index contributed by atoms with van der Waals surface area (Å²) >= 11 is 6.57. The topological polar surface area (TPSA) is 137 Å². The van der Waals surface area contributed by atoms with Gasteiger partial charge in [0.05, 0.1) is 17.7 Å². The summed E-state index contributed by atoms with van der Waals surface area (Å²) in [5.41, 5.74) is 9.41. The minimum Gasteiger partial charge on any atom is -0.496 e. The van der Waals surface area contributed by atoms with Crippen molar-refractivity contribution in [3.63, 3.8) is 0 Å². The highest BCUT2D eigenvalue weighted by atomic mass is 35.5. The van der Waals surface area contributed by atoms with Crippen molar-refractivity contribution in [2.75, 3.05) is 18.2 Å². The maximum absolute atomic E-state index is 13.1. The molecule has 1 saturated carbocycles. The number of hydrogen-bond donors (Lipinski definition) is 3. The van der Waals surface area contributed by atoms with Gasteiger partial charge in [0.25, 0.3) is 11.8 Å². The number of nitrogens with zero attached hydrogens (tertiary/aromatic N) is 4. The monoisotopic (exact) mass is 521 g/mol. The number of rotatable bonds is 7. The van der Waals surface area contributed by atoms with Crippen LogP contribution in [-0.4, -0.2) is 44.8 Å². The second kappa shape index (κ2) is 9.51. The lowest BCUT2D eigenvalue weighted by molar-refractivity contribution is -0.114. The summed E-state index contributed by atoms with van der Waals surface area (Å²) < 4.78 is 20.0. The summed E-state index contributed by atoms with van der Waals surface area (Å²) in [6.45, 7) is 2.98. The Morgan fingerprint density at radius 1 is 1.24 bits per heavy atom. The molecule has 188 valence electrons. The molecule has 0 radical (unpaired) electrons. The zero-order chi connectivity index (χ0) is 26.3. The maximum Gasteiger partial charge on any atom is 0.283 e. The number of carbonyl (C=O) groups is 2. The average Bonchev–Trinajstić information content (AvgIpc) is 3.60. The molecule has 10 nitrogen and oxygen atoms in total. The molecule has 4 aromatic rings. The van der Waals surface area contributed by atoms with E-state index in [0.717, 1.165) is 12.8 Å². The van der Waals surface area contributed by atoms with E-state index >= 15 is 0 Å². The largest absolute Gasteiger partial charge is 0.496 e. The third kappa shape index (κ3) is 4.68. The Kier molecular flexibility index (Phi) is 6.22. The van der Waals surface area contributed by atoms with Crippen LogP contribution in [0.25, 0.3) is 27.9 Å². The van der Waals surface area contributed by atoms with E-state index in [1.807, 2.05) is 0 Å². The number of anilines is 2. The molecule has 2 heterocycles. The lowest BCUT2D eigenvalue weighted by Crippen LogP contribution is -2.25. The van der Waals surface area contributed by atoms with Crippen LogP contribution in [-0.2, 0) is 4.79 Å². The van der Waals surface area contributed by atoms with E-state index in [4.69, 9.17) is 22.1 Å². The van der Waals surface area contributed by atoms with Crippen molar-refractivity contribution in [3.05, 3.63) is 65.7 Å². The number of methoxy groups -OCH3 is 1. The van der Waals surface area contributed by atoms with Crippen LogP contribution in [0.1, 0.15) is 23.2 Å². The molecule has 5 rings (SSSR count). The predicted molar refractivity (Wildman–Crippen MR) is 137 cm³/mol. The quantitative estimate of drug-likeness (QED) is 0.312. The smallest absolute Gasteiger partial charge is 0.283 e. The fourth-order valence-electron chi connectivity index (χ4n) is 3.89. The highest BCUT2D eigenvalue weighted by molar-refractivity contribution is 6.34. The van der Waals surface area contributed by atoms with Gasteiger partial charge in [0.15, 0.2) is 11.6 Å². The molecule has 1 aliphatic carbocycles. The third-order valence-electron chi connectivity index (χ3n) is 5.84. The van der Waals surface area contributed by atoms with Gasteiger partial charge in [-0.1, -0.05) is 24.2 Å². The summed E-state index contributed by atoms with van der Waals surface area (Å²) in [7, 11) is 1.48. The first-order valence-electron chi connectivity index (χ1n) is 11.2. The van der Waals surface area contributed by atoms with Crippen molar-refractivity contribution < 1.29 is 18.7 Å². The van der Waals surface area contributed by atoms with E-state index in [2.05, 4.69) is 32.4 Å². The number of fused-ring (bicyclic) bond motifs is 1. The van der Waals surface area contributed by atoms with Crippen LogP contribution in [0.3, 0.4) is 0 Å². The van der Waals surface area contributed by atoms with Gasteiger partial charge in [0, 0.05) is 22.9 Å². The van der Waals surface area contributed by atoms with E-state index in [-0.39, 0.29) is 28.5 Å². The van der Waals surface area contributed by atoms with E-state index in [1.54, 1.807) is 30.3 Å². The second-order valence-corrected chi connectivity index (χ2v) is 8.83. The van der Waals surface area contributed by atoms with Crippen molar-refractivity contribution in [3.8, 4) is 28.1 Å². The zero-order valence-corrected chi connectivity index (χ0v) is 20.3. The highest BCUT2D eigenvalue weighted by Crippen LogP contribution is 2.41. The molecule has 37 heavy (non-hydrogen) atoms. The number of halogens is 2. The molecule has 12 heteroatoms.